The highest BCUT2D eigenvalue weighted by atomic mass is 35.5. The van der Waals surface area contributed by atoms with Crippen LogP contribution in [0.1, 0.15) is 32.4 Å². The van der Waals surface area contributed by atoms with Crippen LogP contribution >= 0.6 is 23.2 Å². The van der Waals surface area contributed by atoms with Gasteiger partial charge >= 0.3 is 0 Å². The van der Waals surface area contributed by atoms with Crippen molar-refractivity contribution in [3.05, 3.63) is 40.4 Å². The minimum Gasteiger partial charge on any atom is -0.384 e. The summed E-state index contributed by atoms with van der Waals surface area (Å²) in [6, 6.07) is 3.75. The largest absolute Gasteiger partial charge is 0.384 e. The van der Waals surface area contributed by atoms with Crippen LogP contribution in [-0.4, -0.2) is 60.3 Å². The fourth-order valence-corrected chi connectivity index (χ4v) is 4.79. The van der Waals surface area contributed by atoms with Crippen molar-refractivity contribution in [3.8, 4) is 11.1 Å². The molecule has 2 N–H and O–H groups in total. The van der Waals surface area contributed by atoms with Crippen molar-refractivity contribution in [1.29, 1.82) is 0 Å². The van der Waals surface area contributed by atoms with Gasteiger partial charge in [0.1, 0.15) is 11.3 Å². The van der Waals surface area contributed by atoms with E-state index >= 15 is 0 Å². The summed E-state index contributed by atoms with van der Waals surface area (Å²) in [5.74, 6) is 0.508. The molecule has 4 heterocycles. The smallest absolute Gasteiger partial charge is 0.168 e. The molecule has 0 bridgehead atoms. The van der Waals surface area contributed by atoms with Gasteiger partial charge in [-0.1, -0.05) is 23.2 Å². The van der Waals surface area contributed by atoms with E-state index in [1.54, 1.807) is 12.4 Å². The van der Waals surface area contributed by atoms with Crippen LogP contribution in [0.2, 0.25) is 10.2 Å². The molecule has 2 aromatic heterocycles. The summed E-state index contributed by atoms with van der Waals surface area (Å²) in [7, 11) is 0. The van der Waals surface area contributed by atoms with Crippen LogP contribution in [0.5, 0.6) is 0 Å². The number of rotatable bonds is 7. The first kappa shape index (κ1) is 24.4. The van der Waals surface area contributed by atoms with Gasteiger partial charge in [-0.3, -0.25) is 9.78 Å². The predicted octanol–water partition coefficient (Wildman–Crippen LogP) is 4.17. The van der Waals surface area contributed by atoms with E-state index in [4.69, 9.17) is 32.7 Å². The summed E-state index contributed by atoms with van der Waals surface area (Å²) in [6.07, 6.45) is 5.02. The second-order valence-corrected chi connectivity index (χ2v) is 10.0. The molecule has 2 aromatic rings. The summed E-state index contributed by atoms with van der Waals surface area (Å²) in [4.78, 5) is 21.3. The number of anilines is 1. The van der Waals surface area contributed by atoms with Gasteiger partial charge in [-0.15, -0.1) is 0 Å². The molecule has 0 amide bonds. The molecule has 4 rings (SSSR count). The maximum Gasteiger partial charge on any atom is 0.168 e. The lowest BCUT2D eigenvalue weighted by Gasteiger charge is -2.35. The summed E-state index contributed by atoms with van der Waals surface area (Å²) in [5.41, 5.74) is 2.79. The quantitative estimate of drug-likeness (QED) is 0.560. The molecule has 9 heteroatoms. The second-order valence-electron chi connectivity index (χ2n) is 9.27. The van der Waals surface area contributed by atoms with Crippen molar-refractivity contribution < 1.29 is 14.3 Å². The lowest BCUT2D eigenvalue weighted by atomic mass is 9.88. The van der Waals surface area contributed by atoms with Crippen LogP contribution in [0, 0.1) is 5.92 Å². The number of carbonyl (C=O) groups is 1. The van der Waals surface area contributed by atoms with Crippen molar-refractivity contribution in [2.75, 3.05) is 38.2 Å². The highest BCUT2D eigenvalue weighted by Crippen LogP contribution is 2.35. The number of halogens is 2. The van der Waals surface area contributed by atoms with Gasteiger partial charge < -0.3 is 20.1 Å². The summed E-state index contributed by atoms with van der Waals surface area (Å²) in [6.45, 7) is 7.68. The molecule has 0 radical (unpaired) electrons. The Bertz CT molecular complexity index is 996. The summed E-state index contributed by atoms with van der Waals surface area (Å²) >= 11 is 12.9. The molecule has 2 atom stereocenters. The number of nitrogens with one attached hydrogen (secondary N) is 2. The first-order chi connectivity index (χ1) is 15.8. The number of nitrogens with zero attached hydrogens (tertiary/aromatic N) is 2. The zero-order valence-electron chi connectivity index (χ0n) is 19.0. The highest BCUT2D eigenvalue weighted by molar-refractivity contribution is 6.35. The Hall–Kier alpha value is -1.77. The fourth-order valence-electron chi connectivity index (χ4n) is 4.38. The molecule has 178 valence electrons. The molecule has 2 saturated heterocycles. The van der Waals surface area contributed by atoms with Crippen LogP contribution in [0.4, 0.5) is 5.69 Å². The van der Waals surface area contributed by atoms with Crippen LogP contribution in [0.3, 0.4) is 0 Å². The van der Waals surface area contributed by atoms with Gasteiger partial charge in [0.15, 0.2) is 5.78 Å². The van der Waals surface area contributed by atoms with E-state index in [9.17, 15) is 4.79 Å². The van der Waals surface area contributed by atoms with Crippen molar-refractivity contribution in [2.45, 2.75) is 44.8 Å². The van der Waals surface area contributed by atoms with E-state index in [0.717, 1.165) is 38.2 Å². The number of Topliss-reactive ketones (excluding diaryl/α,β-unsaturated/α-hetero) is 1. The minimum atomic E-state index is -0.451. The monoisotopic (exact) mass is 492 g/mol. The molecule has 1 unspecified atom stereocenters. The van der Waals surface area contributed by atoms with E-state index in [-0.39, 0.29) is 17.8 Å². The zero-order chi connectivity index (χ0) is 23.4. The summed E-state index contributed by atoms with van der Waals surface area (Å²) < 4.78 is 11.4. The molecule has 7 nitrogen and oxygen atoms in total. The maximum atomic E-state index is 12.6. The fraction of sp³-hybridized carbons (Fsp3) is 0.542. The first-order valence-electron chi connectivity index (χ1n) is 11.3. The number of aromatic nitrogens is 2. The molecule has 0 aromatic carbocycles. The predicted molar refractivity (Wildman–Crippen MR) is 130 cm³/mol. The SMILES string of the molecule is CC1(C)CC(CNc2cnc(Cl)c(-c3cc(CC(=O)[C@H]4CNCCO4)ncc3Cl)c2)CCO1. The zero-order valence-corrected chi connectivity index (χ0v) is 20.5. The lowest BCUT2D eigenvalue weighted by molar-refractivity contribution is -0.131. The van der Waals surface area contributed by atoms with E-state index in [1.807, 2.05) is 12.1 Å². The van der Waals surface area contributed by atoms with Crippen molar-refractivity contribution in [3.63, 3.8) is 0 Å². The number of ether oxygens (including phenoxy) is 2. The molecule has 2 fully saturated rings. The molecular formula is C24H30Cl2N4O3. The van der Waals surface area contributed by atoms with E-state index in [1.165, 1.54) is 0 Å². The Morgan fingerprint density at radius 2 is 2.06 bits per heavy atom. The minimum absolute atomic E-state index is 0.0120. The first-order valence-corrected chi connectivity index (χ1v) is 12.1. The van der Waals surface area contributed by atoms with Gasteiger partial charge in [0.05, 0.1) is 35.5 Å². The number of carbonyl (C=O) groups excluding carboxylic acids is 1. The van der Waals surface area contributed by atoms with E-state index in [2.05, 4.69) is 34.4 Å². The third kappa shape index (κ3) is 6.43. The molecule has 2 aliphatic heterocycles. The van der Waals surface area contributed by atoms with Crippen LogP contribution in [-0.2, 0) is 20.7 Å². The van der Waals surface area contributed by atoms with Gasteiger partial charge in [0.2, 0.25) is 0 Å². The number of hydrogen-bond acceptors (Lipinski definition) is 7. The third-order valence-corrected chi connectivity index (χ3v) is 6.68. The number of morpholine rings is 1. The maximum absolute atomic E-state index is 12.6. The Morgan fingerprint density at radius 1 is 1.21 bits per heavy atom. The van der Waals surface area contributed by atoms with Crippen molar-refractivity contribution in [2.24, 2.45) is 5.92 Å². The highest BCUT2D eigenvalue weighted by Gasteiger charge is 2.28. The van der Waals surface area contributed by atoms with E-state index in [0.29, 0.717) is 46.1 Å². The van der Waals surface area contributed by atoms with Gasteiger partial charge in [0.25, 0.3) is 0 Å². The molecule has 0 aliphatic carbocycles. The average Bonchev–Trinajstić information content (AvgIpc) is 2.80. The second kappa shape index (κ2) is 10.7. The van der Waals surface area contributed by atoms with Gasteiger partial charge in [0, 0.05) is 49.3 Å². The lowest BCUT2D eigenvalue weighted by Crippen LogP contribution is -2.43. The van der Waals surface area contributed by atoms with Gasteiger partial charge in [-0.25, -0.2) is 4.98 Å². The molecular weight excluding hydrogens is 463 g/mol. The normalized spacial score (nSPS) is 22.7. The third-order valence-electron chi connectivity index (χ3n) is 6.08. The Kier molecular flexibility index (Phi) is 7.87. The number of hydrogen-bond donors (Lipinski definition) is 2. The standard InChI is InChI=1S/C24H30Cl2N4O3/c1-24(2)10-15(3-5-33-24)11-28-17-8-19(23(26)30-12-17)18-7-16(29-13-20(18)25)9-21(31)22-14-27-4-6-32-22/h7-8,12-13,15,22,27-28H,3-6,9-11,14H2,1-2H3/t15?,22-/m1/s1. The van der Waals surface area contributed by atoms with Gasteiger partial charge in [-0.05, 0) is 44.7 Å². The Labute approximate surface area is 204 Å². The van der Waals surface area contributed by atoms with Crippen LogP contribution < -0.4 is 10.6 Å². The van der Waals surface area contributed by atoms with Crippen LogP contribution in [0.15, 0.2) is 24.5 Å². The topological polar surface area (TPSA) is 85.4 Å². The van der Waals surface area contributed by atoms with Crippen molar-refractivity contribution in [1.82, 2.24) is 15.3 Å². The van der Waals surface area contributed by atoms with Crippen LogP contribution in [0.25, 0.3) is 11.1 Å². The molecule has 33 heavy (non-hydrogen) atoms. The Morgan fingerprint density at radius 3 is 2.82 bits per heavy atom. The van der Waals surface area contributed by atoms with Gasteiger partial charge in [-0.2, -0.15) is 0 Å². The Balaban J connectivity index is 1.48. The average molecular weight is 493 g/mol. The number of ketones is 1. The summed E-state index contributed by atoms with van der Waals surface area (Å²) in [5, 5.41) is 7.46. The van der Waals surface area contributed by atoms with E-state index < -0.39 is 6.10 Å². The molecule has 2 aliphatic rings. The molecule has 0 saturated carbocycles. The number of pyridine rings is 2. The molecule has 0 spiro atoms. The van der Waals surface area contributed by atoms with Crippen molar-refractivity contribution >= 4 is 34.7 Å².